The number of amides is 1. The smallest absolute Gasteiger partial charge is 0.253 e. The Hall–Kier alpha value is -2.29. The molecule has 104 valence electrons. The molecule has 0 unspecified atom stereocenters. The number of aryl methyl sites for hydroxylation is 1. The van der Waals surface area contributed by atoms with Crippen molar-refractivity contribution < 1.29 is 4.79 Å². The van der Waals surface area contributed by atoms with E-state index in [9.17, 15) is 4.79 Å². The van der Waals surface area contributed by atoms with E-state index in [2.05, 4.69) is 36.5 Å². The second-order valence-corrected chi connectivity index (χ2v) is 5.12. The quantitative estimate of drug-likeness (QED) is 0.922. The number of benzene rings is 2. The van der Waals surface area contributed by atoms with Crippen molar-refractivity contribution in [2.45, 2.75) is 13.5 Å². The predicted molar refractivity (Wildman–Crippen MR) is 83.0 cm³/mol. The van der Waals surface area contributed by atoms with Crippen LogP contribution < -0.4 is 5.32 Å². The van der Waals surface area contributed by atoms with Crippen LogP contribution in [0, 0.1) is 6.92 Å². The van der Waals surface area contributed by atoms with Crippen LogP contribution in [0.4, 0.5) is 5.69 Å². The lowest BCUT2D eigenvalue weighted by atomic mass is 10.1. The second kappa shape index (κ2) is 6.24. The lowest BCUT2D eigenvalue weighted by molar-refractivity contribution is 0.0827. The van der Waals surface area contributed by atoms with E-state index in [1.807, 2.05) is 24.3 Å². The largest absolute Gasteiger partial charge is 0.381 e. The van der Waals surface area contributed by atoms with Crippen LogP contribution in [-0.4, -0.2) is 24.9 Å². The Balaban J connectivity index is 2.05. The van der Waals surface area contributed by atoms with Gasteiger partial charge in [0.2, 0.25) is 0 Å². The van der Waals surface area contributed by atoms with Gasteiger partial charge in [0.1, 0.15) is 0 Å². The zero-order valence-corrected chi connectivity index (χ0v) is 12.2. The van der Waals surface area contributed by atoms with Gasteiger partial charge in [0.25, 0.3) is 5.91 Å². The molecule has 1 amide bonds. The first kappa shape index (κ1) is 14.1. The van der Waals surface area contributed by atoms with Gasteiger partial charge in [-0.3, -0.25) is 4.79 Å². The van der Waals surface area contributed by atoms with Gasteiger partial charge in [0.05, 0.1) is 0 Å². The zero-order valence-electron chi connectivity index (χ0n) is 12.2. The summed E-state index contributed by atoms with van der Waals surface area (Å²) in [5.41, 5.74) is 4.13. The molecular formula is C17H20N2O. The maximum Gasteiger partial charge on any atom is 0.253 e. The average Bonchev–Trinajstić information content (AvgIpc) is 2.46. The summed E-state index contributed by atoms with van der Waals surface area (Å²) < 4.78 is 0. The molecule has 3 heteroatoms. The molecule has 0 saturated heterocycles. The maximum atomic E-state index is 11.9. The highest BCUT2D eigenvalue weighted by Crippen LogP contribution is 2.13. The highest BCUT2D eigenvalue weighted by molar-refractivity contribution is 5.94. The Bertz CT molecular complexity index is 588. The molecule has 0 saturated carbocycles. The third-order valence-electron chi connectivity index (χ3n) is 3.13. The monoisotopic (exact) mass is 268 g/mol. The molecule has 0 aliphatic carbocycles. The molecular weight excluding hydrogens is 248 g/mol. The number of hydrogen-bond donors (Lipinski definition) is 1. The van der Waals surface area contributed by atoms with Crippen molar-refractivity contribution in [1.29, 1.82) is 0 Å². The van der Waals surface area contributed by atoms with Crippen LogP contribution >= 0.6 is 0 Å². The molecule has 3 nitrogen and oxygen atoms in total. The molecule has 20 heavy (non-hydrogen) atoms. The molecule has 0 aromatic heterocycles. The van der Waals surface area contributed by atoms with Crippen molar-refractivity contribution in [2.75, 3.05) is 19.4 Å². The van der Waals surface area contributed by atoms with Crippen LogP contribution in [0.1, 0.15) is 21.5 Å². The number of carbonyl (C=O) groups excluding carboxylic acids is 1. The average molecular weight is 268 g/mol. The van der Waals surface area contributed by atoms with Crippen molar-refractivity contribution in [3.8, 4) is 0 Å². The fraction of sp³-hybridized carbons (Fsp3) is 0.235. The van der Waals surface area contributed by atoms with Gasteiger partial charge in [-0.1, -0.05) is 35.9 Å². The minimum Gasteiger partial charge on any atom is -0.381 e. The zero-order chi connectivity index (χ0) is 14.5. The molecule has 0 spiro atoms. The van der Waals surface area contributed by atoms with Crippen molar-refractivity contribution in [3.63, 3.8) is 0 Å². The second-order valence-electron chi connectivity index (χ2n) is 5.12. The van der Waals surface area contributed by atoms with E-state index in [4.69, 9.17) is 0 Å². The number of anilines is 1. The van der Waals surface area contributed by atoms with E-state index in [0.29, 0.717) is 5.56 Å². The number of carbonyl (C=O) groups is 1. The van der Waals surface area contributed by atoms with E-state index in [-0.39, 0.29) is 5.91 Å². The van der Waals surface area contributed by atoms with Crippen LogP contribution in [0.5, 0.6) is 0 Å². The molecule has 2 aromatic carbocycles. The Morgan fingerprint density at radius 2 is 1.80 bits per heavy atom. The standard InChI is InChI=1S/C17H20N2O/c1-13-7-9-14(10-8-13)12-18-16-6-4-5-15(11-16)17(20)19(2)3/h4-11,18H,12H2,1-3H3. The van der Waals surface area contributed by atoms with Crippen LogP contribution in [0.25, 0.3) is 0 Å². The van der Waals surface area contributed by atoms with E-state index < -0.39 is 0 Å². The first-order valence-corrected chi connectivity index (χ1v) is 6.67. The highest BCUT2D eigenvalue weighted by atomic mass is 16.2. The first-order valence-electron chi connectivity index (χ1n) is 6.67. The minimum atomic E-state index is 0.0176. The molecule has 1 N–H and O–H groups in total. The summed E-state index contributed by atoms with van der Waals surface area (Å²) in [6.07, 6.45) is 0. The van der Waals surface area contributed by atoms with Crippen LogP contribution in [0.15, 0.2) is 48.5 Å². The predicted octanol–water partition coefficient (Wildman–Crippen LogP) is 3.31. The van der Waals surface area contributed by atoms with Crippen LogP contribution in [0.2, 0.25) is 0 Å². The lowest BCUT2D eigenvalue weighted by Crippen LogP contribution is -2.21. The number of nitrogens with zero attached hydrogens (tertiary/aromatic N) is 1. The van der Waals surface area contributed by atoms with E-state index >= 15 is 0 Å². The van der Waals surface area contributed by atoms with Gasteiger partial charge in [-0.25, -0.2) is 0 Å². The molecule has 2 aromatic rings. The fourth-order valence-corrected chi connectivity index (χ4v) is 1.93. The molecule has 0 heterocycles. The van der Waals surface area contributed by atoms with E-state index in [0.717, 1.165) is 12.2 Å². The molecule has 2 rings (SSSR count). The van der Waals surface area contributed by atoms with Crippen molar-refractivity contribution in [3.05, 3.63) is 65.2 Å². The van der Waals surface area contributed by atoms with Gasteiger partial charge in [0, 0.05) is 31.9 Å². The van der Waals surface area contributed by atoms with Crippen molar-refractivity contribution in [2.24, 2.45) is 0 Å². The Kier molecular flexibility index (Phi) is 4.41. The topological polar surface area (TPSA) is 32.3 Å². The Labute approximate surface area is 120 Å². The lowest BCUT2D eigenvalue weighted by Gasteiger charge is -2.12. The third-order valence-corrected chi connectivity index (χ3v) is 3.13. The molecule has 0 bridgehead atoms. The maximum absolute atomic E-state index is 11.9. The molecule has 0 atom stereocenters. The van der Waals surface area contributed by atoms with E-state index in [1.54, 1.807) is 19.0 Å². The van der Waals surface area contributed by atoms with Crippen LogP contribution in [-0.2, 0) is 6.54 Å². The number of hydrogen-bond acceptors (Lipinski definition) is 2. The summed E-state index contributed by atoms with van der Waals surface area (Å²) in [5.74, 6) is 0.0176. The van der Waals surface area contributed by atoms with Gasteiger partial charge in [-0.2, -0.15) is 0 Å². The third kappa shape index (κ3) is 3.60. The van der Waals surface area contributed by atoms with Gasteiger partial charge in [-0.05, 0) is 30.7 Å². The molecule has 0 radical (unpaired) electrons. The van der Waals surface area contributed by atoms with Gasteiger partial charge < -0.3 is 10.2 Å². The SMILES string of the molecule is Cc1ccc(CNc2cccc(C(=O)N(C)C)c2)cc1. The molecule has 0 aliphatic heterocycles. The fourth-order valence-electron chi connectivity index (χ4n) is 1.93. The highest BCUT2D eigenvalue weighted by Gasteiger charge is 2.07. The summed E-state index contributed by atoms with van der Waals surface area (Å²) in [7, 11) is 3.52. The van der Waals surface area contributed by atoms with Gasteiger partial charge >= 0.3 is 0 Å². The summed E-state index contributed by atoms with van der Waals surface area (Å²) >= 11 is 0. The number of nitrogens with one attached hydrogen (secondary N) is 1. The molecule has 0 fully saturated rings. The van der Waals surface area contributed by atoms with Gasteiger partial charge in [0.15, 0.2) is 0 Å². The van der Waals surface area contributed by atoms with Crippen LogP contribution in [0.3, 0.4) is 0 Å². The van der Waals surface area contributed by atoms with Crippen molar-refractivity contribution in [1.82, 2.24) is 4.90 Å². The van der Waals surface area contributed by atoms with Crippen molar-refractivity contribution >= 4 is 11.6 Å². The number of rotatable bonds is 4. The summed E-state index contributed by atoms with van der Waals surface area (Å²) in [6, 6.07) is 16.0. The summed E-state index contributed by atoms with van der Waals surface area (Å²) in [6.45, 7) is 2.83. The Morgan fingerprint density at radius 3 is 2.45 bits per heavy atom. The Morgan fingerprint density at radius 1 is 1.10 bits per heavy atom. The molecule has 0 aliphatic rings. The summed E-state index contributed by atoms with van der Waals surface area (Å²) in [5, 5.41) is 3.34. The summed E-state index contributed by atoms with van der Waals surface area (Å²) in [4.78, 5) is 13.5. The normalized spacial score (nSPS) is 10.2. The minimum absolute atomic E-state index is 0.0176. The first-order chi connectivity index (χ1) is 9.56. The van der Waals surface area contributed by atoms with Gasteiger partial charge in [-0.15, -0.1) is 0 Å². The van der Waals surface area contributed by atoms with E-state index in [1.165, 1.54) is 11.1 Å².